The molecule has 0 saturated heterocycles. The Hall–Kier alpha value is -0.660. The molecule has 0 fully saturated rings. The summed E-state index contributed by atoms with van der Waals surface area (Å²) < 4.78 is 0. The monoisotopic (exact) mass is 519 g/mol. The largest absolute Gasteiger partial charge is 0.356 e. The van der Waals surface area contributed by atoms with Crippen molar-refractivity contribution in [2.45, 2.75) is 200 Å². The molecule has 0 aliphatic carbocycles. The molecule has 1 atom stereocenters. The first-order chi connectivity index (χ1) is 18.3. The third kappa shape index (κ3) is 20.0. The Balaban J connectivity index is 2.03. The lowest BCUT2D eigenvalue weighted by atomic mass is 10.0. The average Bonchev–Trinajstić information content (AvgIpc) is 3.29. The highest BCUT2D eigenvalue weighted by atomic mass is 15.4. The van der Waals surface area contributed by atoms with E-state index in [1.165, 1.54) is 186 Å². The molecule has 1 aliphatic rings. The summed E-state index contributed by atoms with van der Waals surface area (Å²) in [6.07, 6.45) is 44.0. The minimum atomic E-state index is 0.639. The normalized spacial score (nSPS) is 15.4. The zero-order chi connectivity index (χ0) is 26.7. The van der Waals surface area contributed by atoms with Crippen LogP contribution in [0.4, 0.5) is 0 Å². The molecule has 1 unspecified atom stereocenters. The molecule has 0 bridgehead atoms. The summed E-state index contributed by atoms with van der Waals surface area (Å²) in [7, 11) is 0. The minimum Gasteiger partial charge on any atom is -0.356 e. The predicted molar refractivity (Wildman–Crippen MR) is 168 cm³/mol. The summed E-state index contributed by atoms with van der Waals surface area (Å²) in [6, 6.07) is 0. The molecule has 0 aromatic rings. The molecule has 0 N–H and O–H groups in total. The highest BCUT2D eigenvalue weighted by Crippen LogP contribution is 2.23. The number of hydrogen-bond donors (Lipinski definition) is 0. The van der Waals surface area contributed by atoms with Crippen molar-refractivity contribution in [1.82, 2.24) is 9.80 Å². The first-order valence-corrected chi connectivity index (χ1v) is 17.5. The van der Waals surface area contributed by atoms with Crippen LogP contribution >= 0.6 is 0 Å². The maximum Gasteiger partial charge on any atom is 0.101 e. The van der Waals surface area contributed by atoms with Gasteiger partial charge in [-0.1, -0.05) is 168 Å². The van der Waals surface area contributed by atoms with E-state index in [9.17, 15) is 0 Å². The number of nitrogens with zero attached hydrogens (tertiary/aromatic N) is 2. The van der Waals surface area contributed by atoms with Gasteiger partial charge in [-0.3, -0.25) is 0 Å². The van der Waals surface area contributed by atoms with Crippen molar-refractivity contribution in [3.05, 3.63) is 12.4 Å². The van der Waals surface area contributed by atoms with Gasteiger partial charge in [0.25, 0.3) is 0 Å². The van der Waals surface area contributed by atoms with Crippen LogP contribution in [0.3, 0.4) is 0 Å². The third-order valence-electron chi connectivity index (χ3n) is 8.57. The van der Waals surface area contributed by atoms with Crippen molar-refractivity contribution in [2.24, 2.45) is 0 Å². The zero-order valence-electron chi connectivity index (χ0n) is 26.1. The highest BCUT2D eigenvalue weighted by molar-refractivity contribution is 4.96. The van der Waals surface area contributed by atoms with Gasteiger partial charge in [0.05, 0.1) is 0 Å². The van der Waals surface area contributed by atoms with Crippen LogP contribution in [-0.2, 0) is 0 Å². The molecule has 0 aromatic carbocycles. The van der Waals surface area contributed by atoms with E-state index in [0.717, 1.165) is 0 Å². The maximum absolute atomic E-state index is 2.67. The third-order valence-corrected chi connectivity index (χ3v) is 8.57. The molecule has 2 nitrogen and oxygen atoms in total. The Morgan fingerprint density at radius 2 is 0.622 bits per heavy atom. The van der Waals surface area contributed by atoms with E-state index < -0.39 is 0 Å². The summed E-state index contributed by atoms with van der Waals surface area (Å²) in [5.74, 6) is 0. The first kappa shape index (κ1) is 34.4. The van der Waals surface area contributed by atoms with Gasteiger partial charge in [-0.25, -0.2) is 0 Å². The van der Waals surface area contributed by atoms with Crippen molar-refractivity contribution in [1.29, 1.82) is 0 Å². The second kappa shape index (κ2) is 26.9. The van der Waals surface area contributed by atoms with Gasteiger partial charge in [-0.15, -0.1) is 0 Å². The zero-order valence-corrected chi connectivity index (χ0v) is 26.1. The fourth-order valence-corrected chi connectivity index (χ4v) is 6.00. The molecular weight excluding hydrogens is 448 g/mol. The fourth-order valence-electron chi connectivity index (χ4n) is 6.00. The van der Waals surface area contributed by atoms with Crippen molar-refractivity contribution < 1.29 is 0 Å². The molecule has 0 saturated carbocycles. The van der Waals surface area contributed by atoms with Gasteiger partial charge in [0.2, 0.25) is 0 Å². The molecule has 1 rings (SSSR count). The number of rotatable bonds is 29. The van der Waals surface area contributed by atoms with Gasteiger partial charge in [-0.05, 0) is 25.7 Å². The molecule has 0 amide bonds. The van der Waals surface area contributed by atoms with Crippen LogP contribution < -0.4 is 0 Å². The maximum atomic E-state index is 2.67. The van der Waals surface area contributed by atoms with E-state index in [-0.39, 0.29) is 0 Å². The molecular formula is C35H70N2. The van der Waals surface area contributed by atoms with Crippen LogP contribution in [0.15, 0.2) is 12.4 Å². The van der Waals surface area contributed by atoms with Crippen LogP contribution in [0.5, 0.6) is 0 Å². The molecule has 0 spiro atoms. The summed E-state index contributed by atoms with van der Waals surface area (Å²) in [5.41, 5.74) is 0. The Kier molecular flexibility index (Phi) is 25.0. The second-order valence-corrected chi connectivity index (χ2v) is 12.2. The van der Waals surface area contributed by atoms with Crippen molar-refractivity contribution in [3.63, 3.8) is 0 Å². The van der Waals surface area contributed by atoms with E-state index in [4.69, 9.17) is 0 Å². The van der Waals surface area contributed by atoms with Gasteiger partial charge in [0.1, 0.15) is 6.17 Å². The van der Waals surface area contributed by atoms with Gasteiger partial charge in [0.15, 0.2) is 0 Å². The standard InChI is InChI=1S/C35H70N2/c1-4-7-10-12-14-16-18-19-20-21-23-25-27-29-32-37-34-33-36(35(37)30-9-6-3)31-28-26-24-22-17-15-13-11-8-5-2/h33-35H,4-32H2,1-3H3. The Morgan fingerprint density at radius 1 is 0.351 bits per heavy atom. The summed E-state index contributed by atoms with van der Waals surface area (Å²) in [4.78, 5) is 5.34. The Bertz CT molecular complexity index is 474. The lowest BCUT2D eigenvalue weighted by molar-refractivity contribution is 0.136. The predicted octanol–water partition coefficient (Wildman–Crippen LogP) is 12.0. The molecule has 0 aromatic heterocycles. The topological polar surface area (TPSA) is 6.48 Å². The first-order valence-electron chi connectivity index (χ1n) is 17.5. The molecule has 1 heterocycles. The summed E-state index contributed by atoms with van der Waals surface area (Å²) >= 11 is 0. The molecule has 0 radical (unpaired) electrons. The lowest BCUT2D eigenvalue weighted by Crippen LogP contribution is -2.39. The fraction of sp³-hybridized carbons (Fsp3) is 0.943. The van der Waals surface area contributed by atoms with Crippen molar-refractivity contribution in [2.75, 3.05) is 13.1 Å². The van der Waals surface area contributed by atoms with Gasteiger partial charge in [0, 0.05) is 25.5 Å². The second-order valence-electron chi connectivity index (χ2n) is 12.2. The van der Waals surface area contributed by atoms with Crippen LogP contribution in [0.1, 0.15) is 194 Å². The quantitative estimate of drug-likeness (QED) is 0.0908. The molecule has 220 valence electrons. The van der Waals surface area contributed by atoms with E-state index in [2.05, 4.69) is 43.0 Å². The van der Waals surface area contributed by atoms with Crippen LogP contribution in [0.25, 0.3) is 0 Å². The van der Waals surface area contributed by atoms with E-state index in [1.807, 2.05) is 0 Å². The SMILES string of the molecule is CCCCCCCCCCCCCCCCN1C=CN(CCCCCCCCCCCC)C1CCCC. The molecule has 1 aliphatic heterocycles. The van der Waals surface area contributed by atoms with Crippen molar-refractivity contribution >= 4 is 0 Å². The summed E-state index contributed by atoms with van der Waals surface area (Å²) in [6.45, 7) is 9.48. The molecule has 2 heteroatoms. The lowest BCUT2D eigenvalue weighted by Gasteiger charge is -2.33. The van der Waals surface area contributed by atoms with Crippen LogP contribution in [0, 0.1) is 0 Å². The van der Waals surface area contributed by atoms with E-state index in [0.29, 0.717) is 6.17 Å². The number of unbranched alkanes of at least 4 members (excludes halogenated alkanes) is 23. The van der Waals surface area contributed by atoms with Gasteiger partial charge in [-0.2, -0.15) is 0 Å². The minimum absolute atomic E-state index is 0.639. The van der Waals surface area contributed by atoms with Gasteiger partial charge < -0.3 is 9.80 Å². The average molecular weight is 519 g/mol. The number of hydrogen-bond acceptors (Lipinski definition) is 2. The molecule has 37 heavy (non-hydrogen) atoms. The Labute approximate surface area is 235 Å². The van der Waals surface area contributed by atoms with Crippen molar-refractivity contribution in [3.8, 4) is 0 Å². The highest BCUT2D eigenvalue weighted by Gasteiger charge is 2.24. The van der Waals surface area contributed by atoms with E-state index in [1.54, 1.807) is 0 Å². The van der Waals surface area contributed by atoms with Crippen LogP contribution in [0.2, 0.25) is 0 Å². The van der Waals surface area contributed by atoms with E-state index >= 15 is 0 Å². The Morgan fingerprint density at radius 3 is 0.919 bits per heavy atom. The summed E-state index contributed by atoms with van der Waals surface area (Å²) in [5, 5.41) is 0. The van der Waals surface area contributed by atoms with Gasteiger partial charge >= 0.3 is 0 Å². The smallest absolute Gasteiger partial charge is 0.101 e. The van der Waals surface area contributed by atoms with Crippen LogP contribution in [-0.4, -0.2) is 29.1 Å².